The van der Waals surface area contributed by atoms with Crippen LogP contribution in [0.2, 0.25) is 0 Å². The number of ether oxygens (including phenoxy) is 3. The number of rotatable bonds is 11. The first-order valence-corrected chi connectivity index (χ1v) is 12.3. The Morgan fingerprint density at radius 3 is 2.40 bits per heavy atom. The van der Waals surface area contributed by atoms with Gasteiger partial charge in [0.05, 0.1) is 36.6 Å². The standard InChI is InChI=1S/C25H27FN4O4S/c1-4-32-20-14-17(15-21(33-5-2)23(20)34-6-3)24(31)30(13-12-29-11-7-10-27-29)25-28-19-9-8-18(26)16-22(19)35-25/h7-11,14-16H,4-6,12-13H2,1-3H3. The Balaban J connectivity index is 1.76. The molecule has 0 spiro atoms. The molecule has 0 N–H and O–H groups in total. The Kier molecular flexibility index (Phi) is 7.81. The molecule has 0 aliphatic carbocycles. The van der Waals surface area contributed by atoms with Crippen molar-refractivity contribution in [1.82, 2.24) is 14.8 Å². The van der Waals surface area contributed by atoms with Crippen molar-refractivity contribution in [3.8, 4) is 17.2 Å². The molecule has 4 aromatic rings. The summed E-state index contributed by atoms with van der Waals surface area (Å²) in [7, 11) is 0. The molecule has 0 bridgehead atoms. The van der Waals surface area contributed by atoms with Gasteiger partial charge in [0.15, 0.2) is 16.6 Å². The van der Waals surface area contributed by atoms with Gasteiger partial charge in [0.2, 0.25) is 5.75 Å². The molecule has 35 heavy (non-hydrogen) atoms. The highest BCUT2D eigenvalue weighted by Gasteiger charge is 2.25. The average Bonchev–Trinajstić information content (AvgIpc) is 3.51. The summed E-state index contributed by atoms with van der Waals surface area (Å²) in [4.78, 5) is 20.0. The summed E-state index contributed by atoms with van der Waals surface area (Å²) in [6, 6.07) is 9.53. The van der Waals surface area contributed by atoms with Gasteiger partial charge in [-0.15, -0.1) is 0 Å². The average molecular weight is 499 g/mol. The molecule has 1 amide bonds. The molecule has 0 fully saturated rings. The Morgan fingerprint density at radius 2 is 1.77 bits per heavy atom. The second-order valence-corrected chi connectivity index (χ2v) is 8.44. The molecule has 2 aromatic carbocycles. The molecule has 0 saturated carbocycles. The van der Waals surface area contributed by atoms with Crippen molar-refractivity contribution in [2.24, 2.45) is 0 Å². The fourth-order valence-electron chi connectivity index (χ4n) is 3.59. The topological polar surface area (TPSA) is 78.7 Å². The molecule has 0 saturated heterocycles. The molecule has 0 radical (unpaired) electrons. The lowest BCUT2D eigenvalue weighted by Gasteiger charge is -2.22. The van der Waals surface area contributed by atoms with Crippen LogP contribution in [0.25, 0.3) is 10.2 Å². The Morgan fingerprint density at radius 1 is 1.06 bits per heavy atom. The van der Waals surface area contributed by atoms with Crippen molar-refractivity contribution in [2.45, 2.75) is 27.3 Å². The summed E-state index contributed by atoms with van der Waals surface area (Å²) in [6.07, 6.45) is 3.51. The maximum atomic E-state index is 13.9. The van der Waals surface area contributed by atoms with Gasteiger partial charge in [-0.25, -0.2) is 9.37 Å². The molecule has 8 nitrogen and oxygen atoms in total. The van der Waals surface area contributed by atoms with Gasteiger partial charge >= 0.3 is 0 Å². The number of carbonyl (C=O) groups is 1. The smallest absolute Gasteiger partial charge is 0.260 e. The van der Waals surface area contributed by atoms with Crippen molar-refractivity contribution >= 4 is 32.6 Å². The largest absolute Gasteiger partial charge is 0.490 e. The predicted octanol–water partition coefficient (Wildman–Crippen LogP) is 5.18. The van der Waals surface area contributed by atoms with Gasteiger partial charge in [-0.2, -0.15) is 5.10 Å². The number of benzene rings is 2. The van der Waals surface area contributed by atoms with E-state index in [1.165, 1.54) is 23.5 Å². The molecular weight excluding hydrogens is 471 g/mol. The number of fused-ring (bicyclic) bond motifs is 1. The Labute approximate surface area is 206 Å². The lowest BCUT2D eigenvalue weighted by molar-refractivity contribution is 0.0984. The number of halogens is 1. The second kappa shape index (κ2) is 11.2. The zero-order valence-electron chi connectivity index (χ0n) is 19.9. The Hall–Kier alpha value is -3.66. The van der Waals surface area contributed by atoms with Crippen molar-refractivity contribution < 1.29 is 23.4 Å². The van der Waals surface area contributed by atoms with E-state index in [4.69, 9.17) is 14.2 Å². The van der Waals surface area contributed by atoms with E-state index in [0.29, 0.717) is 71.1 Å². The summed E-state index contributed by atoms with van der Waals surface area (Å²) < 4.78 is 33.5. The van der Waals surface area contributed by atoms with E-state index in [-0.39, 0.29) is 11.7 Å². The minimum atomic E-state index is -0.351. The van der Waals surface area contributed by atoms with Crippen LogP contribution in [0.15, 0.2) is 48.8 Å². The molecule has 0 aliphatic rings. The van der Waals surface area contributed by atoms with Crippen LogP contribution in [0.3, 0.4) is 0 Å². The van der Waals surface area contributed by atoms with E-state index in [0.717, 1.165) is 0 Å². The first-order chi connectivity index (χ1) is 17.0. The zero-order valence-corrected chi connectivity index (χ0v) is 20.7. The molecule has 0 unspecified atom stereocenters. The molecule has 2 heterocycles. The number of amides is 1. The van der Waals surface area contributed by atoms with Gasteiger partial charge in [-0.3, -0.25) is 14.4 Å². The van der Waals surface area contributed by atoms with Crippen LogP contribution in [-0.2, 0) is 6.54 Å². The van der Waals surface area contributed by atoms with Crippen molar-refractivity contribution in [3.63, 3.8) is 0 Å². The van der Waals surface area contributed by atoms with Crippen molar-refractivity contribution in [3.05, 3.63) is 60.2 Å². The highest BCUT2D eigenvalue weighted by atomic mass is 32.1. The number of hydrogen-bond acceptors (Lipinski definition) is 7. The van der Waals surface area contributed by atoms with Gasteiger partial charge in [0.1, 0.15) is 5.82 Å². The molecule has 2 aromatic heterocycles. The number of thiazole rings is 1. The summed E-state index contributed by atoms with van der Waals surface area (Å²) in [5, 5.41) is 4.70. The molecule has 10 heteroatoms. The summed E-state index contributed by atoms with van der Waals surface area (Å²) in [5.74, 6) is 0.688. The lowest BCUT2D eigenvalue weighted by Crippen LogP contribution is -2.34. The van der Waals surface area contributed by atoms with Crippen LogP contribution in [0.4, 0.5) is 9.52 Å². The first-order valence-electron chi connectivity index (χ1n) is 11.5. The quantitative estimate of drug-likeness (QED) is 0.284. The third-order valence-corrected chi connectivity index (χ3v) is 6.12. The van der Waals surface area contributed by atoms with Crippen LogP contribution in [0, 0.1) is 5.82 Å². The summed E-state index contributed by atoms with van der Waals surface area (Å²) >= 11 is 1.26. The van der Waals surface area contributed by atoms with Crippen LogP contribution in [-0.4, -0.2) is 47.0 Å². The number of nitrogens with zero attached hydrogens (tertiary/aromatic N) is 4. The van der Waals surface area contributed by atoms with E-state index < -0.39 is 0 Å². The van der Waals surface area contributed by atoms with E-state index in [9.17, 15) is 9.18 Å². The Bertz CT molecular complexity index is 1270. The van der Waals surface area contributed by atoms with E-state index in [2.05, 4.69) is 10.1 Å². The molecule has 4 rings (SSSR count). The molecule has 184 valence electrons. The minimum Gasteiger partial charge on any atom is -0.490 e. The van der Waals surface area contributed by atoms with Crippen LogP contribution in [0.5, 0.6) is 17.2 Å². The van der Waals surface area contributed by atoms with Gasteiger partial charge in [-0.1, -0.05) is 11.3 Å². The summed E-state index contributed by atoms with van der Waals surface area (Å²) in [6.45, 7) is 7.58. The monoisotopic (exact) mass is 498 g/mol. The first kappa shape index (κ1) is 24.5. The van der Waals surface area contributed by atoms with Gasteiger partial charge in [0, 0.05) is 24.5 Å². The van der Waals surface area contributed by atoms with Crippen LogP contribution in [0.1, 0.15) is 31.1 Å². The molecular formula is C25H27FN4O4S. The van der Waals surface area contributed by atoms with E-state index in [1.54, 1.807) is 34.0 Å². The van der Waals surface area contributed by atoms with Gasteiger partial charge < -0.3 is 14.2 Å². The fraction of sp³-hybridized carbons (Fsp3) is 0.320. The van der Waals surface area contributed by atoms with E-state index in [1.807, 2.05) is 33.0 Å². The number of anilines is 1. The van der Waals surface area contributed by atoms with Crippen molar-refractivity contribution in [1.29, 1.82) is 0 Å². The number of aromatic nitrogens is 3. The molecule has 0 atom stereocenters. The van der Waals surface area contributed by atoms with Crippen molar-refractivity contribution in [2.75, 3.05) is 31.3 Å². The normalized spacial score (nSPS) is 11.0. The van der Waals surface area contributed by atoms with Crippen LogP contribution >= 0.6 is 11.3 Å². The zero-order chi connectivity index (χ0) is 24.8. The highest BCUT2D eigenvalue weighted by molar-refractivity contribution is 7.22. The third kappa shape index (κ3) is 5.54. The highest BCUT2D eigenvalue weighted by Crippen LogP contribution is 2.40. The summed E-state index contributed by atoms with van der Waals surface area (Å²) in [5.41, 5.74) is 0.992. The number of carbonyl (C=O) groups excluding carboxylic acids is 1. The second-order valence-electron chi connectivity index (χ2n) is 7.44. The molecule has 0 aliphatic heterocycles. The van der Waals surface area contributed by atoms with E-state index >= 15 is 0 Å². The predicted molar refractivity (Wildman–Crippen MR) is 133 cm³/mol. The lowest BCUT2D eigenvalue weighted by atomic mass is 10.1. The fourth-order valence-corrected chi connectivity index (χ4v) is 4.60. The SMILES string of the molecule is CCOc1cc(C(=O)N(CCn2cccn2)c2nc3ccc(F)cc3s2)cc(OCC)c1OCC. The minimum absolute atomic E-state index is 0.290. The van der Waals surface area contributed by atoms with Gasteiger partial charge in [-0.05, 0) is 57.2 Å². The van der Waals surface area contributed by atoms with Gasteiger partial charge in [0.25, 0.3) is 5.91 Å². The maximum absolute atomic E-state index is 13.9. The number of hydrogen-bond donors (Lipinski definition) is 0. The maximum Gasteiger partial charge on any atom is 0.260 e. The van der Waals surface area contributed by atoms with Crippen LogP contribution < -0.4 is 19.1 Å². The third-order valence-electron chi connectivity index (χ3n) is 5.08.